The van der Waals surface area contributed by atoms with Crippen molar-refractivity contribution in [3.63, 3.8) is 0 Å². The van der Waals surface area contributed by atoms with Crippen LogP contribution < -0.4 is 10.1 Å². The first-order valence-corrected chi connectivity index (χ1v) is 10.8. The van der Waals surface area contributed by atoms with Gasteiger partial charge < -0.3 is 10.1 Å². The minimum absolute atomic E-state index is 0.135. The zero-order chi connectivity index (χ0) is 19.5. The van der Waals surface area contributed by atoms with E-state index in [1.807, 2.05) is 0 Å². The number of likely N-dealkylation sites (tertiary alicyclic amines) is 1. The van der Waals surface area contributed by atoms with Gasteiger partial charge in [0.2, 0.25) is 17.7 Å². The lowest BCUT2D eigenvalue weighted by Crippen LogP contribution is -2.46. The van der Waals surface area contributed by atoms with Gasteiger partial charge in [-0.25, -0.2) is 0 Å². The molecule has 0 radical (unpaired) electrons. The molecule has 7 atom stereocenters. The zero-order valence-electron chi connectivity index (χ0n) is 14.9. The molecule has 2 bridgehead atoms. The highest BCUT2D eigenvalue weighted by Gasteiger charge is 2.67. The Morgan fingerprint density at radius 1 is 1.15 bits per heavy atom. The summed E-state index contributed by atoms with van der Waals surface area (Å²) in [6.45, 7) is 1.60. The third-order valence-corrected chi connectivity index (χ3v) is 9.36. The van der Waals surface area contributed by atoms with Gasteiger partial charge in [0.25, 0.3) is 0 Å². The van der Waals surface area contributed by atoms with E-state index in [0.717, 1.165) is 6.42 Å². The third kappa shape index (κ3) is 2.75. The molecule has 6 nitrogen and oxygen atoms in total. The van der Waals surface area contributed by atoms with Crippen molar-refractivity contribution in [3.05, 3.63) is 24.3 Å². The van der Waals surface area contributed by atoms with Crippen LogP contribution >= 0.6 is 31.9 Å². The zero-order valence-corrected chi connectivity index (χ0v) is 18.1. The first kappa shape index (κ1) is 18.9. The van der Waals surface area contributed by atoms with Gasteiger partial charge in [-0.15, -0.1) is 0 Å². The molecule has 8 heteroatoms. The summed E-state index contributed by atoms with van der Waals surface area (Å²) in [6.07, 6.45) is 0.869. The van der Waals surface area contributed by atoms with Crippen LogP contribution in [0.5, 0.6) is 5.75 Å². The lowest BCUT2D eigenvalue weighted by Gasteiger charge is -2.28. The SMILES string of the molecule is COc1ccccc1NC(=O)[C@H](C)N1C(=O)[C@@H]2[C@H]3C[C@@H]([C@@H](Br)[C@H]3Br)[C@H]2C1=O. The summed E-state index contributed by atoms with van der Waals surface area (Å²) < 4.78 is 5.24. The van der Waals surface area contributed by atoms with Gasteiger partial charge in [-0.05, 0) is 37.3 Å². The Labute approximate surface area is 174 Å². The Balaban J connectivity index is 1.54. The smallest absolute Gasteiger partial charge is 0.247 e. The van der Waals surface area contributed by atoms with E-state index in [1.165, 1.54) is 12.0 Å². The molecule has 27 heavy (non-hydrogen) atoms. The van der Waals surface area contributed by atoms with Crippen LogP contribution in [0, 0.1) is 23.7 Å². The van der Waals surface area contributed by atoms with E-state index in [9.17, 15) is 14.4 Å². The molecule has 0 unspecified atom stereocenters. The van der Waals surface area contributed by atoms with Crippen molar-refractivity contribution in [3.8, 4) is 5.75 Å². The standard InChI is InChI=1S/C19H20Br2N2O4/c1-8(17(24)22-11-5-3-4-6-12(11)27-2)23-18(25)13-9-7-10(14(13)19(23)26)16(21)15(9)20/h3-6,8-10,13-16H,7H2,1-2H3,(H,22,24)/t8-,9+,10+,13+,14+,15-,16+/m0/s1. The molecule has 1 aliphatic heterocycles. The quantitative estimate of drug-likeness (QED) is 0.510. The molecule has 1 aromatic rings. The van der Waals surface area contributed by atoms with Crippen LogP contribution in [-0.2, 0) is 14.4 Å². The van der Waals surface area contributed by atoms with E-state index in [0.29, 0.717) is 11.4 Å². The summed E-state index contributed by atoms with van der Waals surface area (Å²) in [7, 11) is 1.52. The maximum absolute atomic E-state index is 13.0. The van der Waals surface area contributed by atoms with Crippen LogP contribution in [0.1, 0.15) is 13.3 Å². The van der Waals surface area contributed by atoms with Gasteiger partial charge in [0, 0.05) is 9.65 Å². The minimum Gasteiger partial charge on any atom is -0.495 e. The number of ether oxygens (including phenoxy) is 1. The highest BCUT2D eigenvalue weighted by Crippen LogP contribution is 2.60. The number of rotatable bonds is 4. The van der Waals surface area contributed by atoms with Crippen LogP contribution in [0.2, 0.25) is 0 Å². The largest absolute Gasteiger partial charge is 0.495 e. The molecule has 2 aliphatic carbocycles. The number of methoxy groups -OCH3 is 1. The Morgan fingerprint density at radius 2 is 1.70 bits per heavy atom. The van der Waals surface area contributed by atoms with Crippen LogP contribution in [0.25, 0.3) is 0 Å². The number of anilines is 1. The predicted octanol–water partition coefficient (Wildman–Crippen LogP) is 2.80. The van der Waals surface area contributed by atoms with Crippen LogP contribution in [-0.4, -0.2) is 45.4 Å². The average molecular weight is 500 g/mol. The molecule has 1 saturated heterocycles. The minimum atomic E-state index is -0.873. The highest BCUT2D eigenvalue weighted by molar-refractivity contribution is 9.12. The Kier molecular flexibility index (Phi) is 4.83. The van der Waals surface area contributed by atoms with Crippen molar-refractivity contribution in [1.82, 2.24) is 4.90 Å². The van der Waals surface area contributed by atoms with Gasteiger partial charge in [0.15, 0.2) is 0 Å². The molecule has 0 spiro atoms. The first-order valence-electron chi connectivity index (χ1n) is 8.95. The second-order valence-electron chi connectivity index (χ2n) is 7.42. The van der Waals surface area contributed by atoms with Crippen molar-refractivity contribution < 1.29 is 19.1 Å². The van der Waals surface area contributed by atoms with Gasteiger partial charge in [0.1, 0.15) is 11.8 Å². The molecule has 1 heterocycles. The number of alkyl halides is 2. The molecular formula is C19H20Br2N2O4. The summed E-state index contributed by atoms with van der Waals surface area (Å²) in [5.74, 6) is -0.682. The molecule has 3 fully saturated rings. The third-order valence-electron chi connectivity index (χ3n) is 6.15. The second kappa shape index (κ2) is 6.88. The molecule has 4 rings (SSSR count). The maximum Gasteiger partial charge on any atom is 0.247 e. The fourth-order valence-corrected chi connectivity index (χ4v) is 6.73. The number of para-hydroxylation sites is 2. The van der Waals surface area contributed by atoms with Gasteiger partial charge in [-0.3, -0.25) is 19.3 Å². The van der Waals surface area contributed by atoms with Gasteiger partial charge in [-0.2, -0.15) is 0 Å². The molecule has 3 aliphatic rings. The number of carbonyl (C=O) groups excluding carboxylic acids is 3. The molecular weight excluding hydrogens is 480 g/mol. The number of benzene rings is 1. The molecule has 144 valence electrons. The average Bonchev–Trinajstić information content (AvgIpc) is 3.26. The monoisotopic (exact) mass is 498 g/mol. The first-order chi connectivity index (χ1) is 12.9. The van der Waals surface area contributed by atoms with E-state index in [-0.39, 0.29) is 45.1 Å². The molecule has 2 saturated carbocycles. The molecule has 3 amide bonds. The van der Waals surface area contributed by atoms with Crippen molar-refractivity contribution in [2.24, 2.45) is 23.7 Å². The van der Waals surface area contributed by atoms with Crippen molar-refractivity contribution in [2.45, 2.75) is 29.0 Å². The Hall–Kier alpha value is -1.41. The van der Waals surface area contributed by atoms with E-state index in [2.05, 4.69) is 37.2 Å². The number of imide groups is 1. The van der Waals surface area contributed by atoms with Crippen molar-refractivity contribution >= 4 is 55.3 Å². The fourth-order valence-electron chi connectivity index (χ4n) is 4.86. The van der Waals surface area contributed by atoms with Gasteiger partial charge in [0.05, 0.1) is 24.6 Å². The molecule has 1 aromatic carbocycles. The number of amides is 3. The Morgan fingerprint density at radius 3 is 2.26 bits per heavy atom. The van der Waals surface area contributed by atoms with Gasteiger partial charge in [-0.1, -0.05) is 44.0 Å². The highest BCUT2D eigenvalue weighted by atomic mass is 79.9. The number of hydrogen-bond donors (Lipinski definition) is 1. The summed E-state index contributed by atoms with van der Waals surface area (Å²) in [6, 6.07) is 6.17. The maximum atomic E-state index is 13.0. The second-order valence-corrected chi connectivity index (χ2v) is 9.53. The lowest BCUT2D eigenvalue weighted by molar-refractivity contribution is -0.146. The number of halogens is 2. The van der Waals surface area contributed by atoms with Crippen LogP contribution in [0.3, 0.4) is 0 Å². The predicted molar refractivity (Wildman–Crippen MR) is 107 cm³/mol. The van der Waals surface area contributed by atoms with Crippen LogP contribution in [0.15, 0.2) is 24.3 Å². The van der Waals surface area contributed by atoms with E-state index < -0.39 is 11.9 Å². The number of nitrogens with one attached hydrogen (secondary N) is 1. The number of nitrogens with zero attached hydrogens (tertiary/aromatic N) is 1. The summed E-state index contributed by atoms with van der Waals surface area (Å²) in [5, 5.41) is 2.77. The summed E-state index contributed by atoms with van der Waals surface area (Å²) >= 11 is 7.34. The van der Waals surface area contributed by atoms with E-state index >= 15 is 0 Å². The van der Waals surface area contributed by atoms with E-state index in [1.54, 1.807) is 31.2 Å². The normalized spacial score (nSPS) is 35.3. The number of hydrogen-bond acceptors (Lipinski definition) is 4. The van der Waals surface area contributed by atoms with E-state index in [4.69, 9.17) is 4.74 Å². The summed E-state index contributed by atoms with van der Waals surface area (Å²) in [4.78, 5) is 40.3. The van der Waals surface area contributed by atoms with Crippen molar-refractivity contribution in [2.75, 3.05) is 12.4 Å². The topological polar surface area (TPSA) is 75.7 Å². The van der Waals surface area contributed by atoms with Crippen molar-refractivity contribution in [1.29, 1.82) is 0 Å². The Bertz CT molecular complexity index is 785. The number of carbonyl (C=O) groups is 3. The van der Waals surface area contributed by atoms with Gasteiger partial charge >= 0.3 is 0 Å². The summed E-state index contributed by atoms with van der Waals surface area (Å²) in [5.41, 5.74) is 0.511. The fraction of sp³-hybridized carbons (Fsp3) is 0.526. The number of fused-ring (bicyclic) bond motifs is 5. The molecule has 0 aromatic heterocycles. The molecule has 1 N–H and O–H groups in total. The lowest BCUT2D eigenvalue weighted by atomic mass is 9.81. The van der Waals surface area contributed by atoms with Crippen LogP contribution in [0.4, 0.5) is 5.69 Å².